The summed E-state index contributed by atoms with van der Waals surface area (Å²) >= 11 is 0. The van der Waals surface area contributed by atoms with E-state index in [1.54, 1.807) is 18.9 Å². The normalized spacial score (nSPS) is 20.6. The summed E-state index contributed by atoms with van der Waals surface area (Å²) in [6.07, 6.45) is 2.07. The standard InChI is InChI=1S/C22H28N4O6/c1-15-23-19(32-24-15)12-26-13-22(31-8-3-20(26)27)4-6-25(7-5-22)11-16-9-17(28-2)21-18(10-16)29-14-30-21/h9-10H,3-8,11-14H2,1-2H3. The molecule has 32 heavy (non-hydrogen) atoms. The SMILES string of the molecule is COc1cc(CN2CCC3(CC2)CN(Cc2nc(C)no2)C(=O)CCO3)cc2c1OCO2. The fourth-order valence-corrected chi connectivity index (χ4v) is 4.66. The average molecular weight is 444 g/mol. The Kier molecular flexibility index (Phi) is 5.64. The highest BCUT2D eigenvalue weighted by Crippen LogP contribution is 2.42. The van der Waals surface area contributed by atoms with Crippen molar-refractivity contribution >= 4 is 5.91 Å². The van der Waals surface area contributed by atoms with E-state index in [4.69, 9.17) is 23.5 Å². The van der Waals surface area contributed by atoms with Gasteiger partial charge in [-0.25, -0.2) is 0 Å². The maximum absolute atomic E-state index is 12.6. The molecule has 2 saturated heterocycles. The molecular weight excluding hydrogens is 416 g/mol. The highest BCUT2D eigenvalue weighted by Gasteiger charge is 2.40. The molecule has 10 heteroatoms. The minimum absolute atomic E-state index is 0.0626. The molecule has 0 N–H and O–H groups in total. The Bertz CT molecular complexity index is 985. The van der Waals surface area contributed by atoms with Crippen LogP contribution in [0.4, 0.5) is 0 Å². The molecule has 0 bridgehead atoms. The number of benzene rings is 1. The Morgan fingerprint density at radius 2 is 2.03 bits per heavy atom. The van der Waals surface area contributed by atoms with Crippen LogP contribution >= 0.6 is 0 Å². The van der Waals surface area contributed by atoms with Crippen LogP contribution < -0.4 is 14.2 Å². The third kappa shape index (κ3) is 4.24. The number of rotatable bonds is 5. The molecule has 1 aromatic carbocycles. The number of hydrogen-bond acceptors (Lipinski definition) is 9. The van der Waals surface area contributed by atoms with E-state index < -0.39 is 0 Å². The minimum atomic E-state index is -0.343. The zero-order valence-electron chi connectivity index (χ0n) is 18.5. The molecule has 10 nitrogen and oxygen atoms in total. The first-order valence-corrected chi connectivity index (χ1v) is 10.9. The van der Waals surface area contributed by atoms with Crippen molar-refractivity contribution in [3.05, 3.63) is 29.4 Å². The zero-order chi connectivity index (χ0) is 22.1. The number of carbonyl (C=O) groups excluding carboxylic acids is 1. The largest absolute Gasteiger partial charge is 0.493 e. The lowest BCUT2D eigenvalue weighted by atomic mass is 9.90. The molecule has 1 spiro atoms. The van der Waals surface area contributed by atoms with Crippen molar-refractivity contribution in [2.45, 2.75) is 44.9 Å². The van der Waals surface area contributed by atoms with Crippen LogP contribution in [0.3, 0.4) is 0 Å². The first kappa shape index (κ1) is 21.0. The molecule has 2 aromatic rings. The summed E-state index contributed by atoms with van der Waals surface area (Å²) in [5.41, 5.74) is 0.775. The topological polar surface area (TPSA) is 99.4 Å². The summed E-state index contributed by atoms with van der Waals surface area (Å²) < 4.78 is 28.0. The zero-order valence-corrected chi connectivity index (χ0v) is 18.5. The summed E-state index contributed by atoms with van der Waals surface area (Å²) in [7, 11) is 1.64. The second-order valence-electron chi connectivity index (χ2n) is 8.57. The molecule has 4 heterocycles. The van der Waals surface area contributed by atoms with Crippen LogP contribution in [-0.4, -0.2) is 71.6 Å². The number of methoxy groups -OCH3 is 1. The number of fused-ring (bicyclic) bond motifs is 1. The lowest BCUT2D eigenvalue weighted by Crippen LogP contribution is -2.51. The predicted octanol–water partition coefficient (Wildman–Crippen LogP) is 1.90. The van der Waals surface area contributed by atoms with Gasteiger partial charge >= 0.3 is 0 Å². The maximum Gasteiger partial charge on any atom is 0.246 e. The van der Waals surface area contributed by atoms with Crippen LogP contribution in [0.5, 0.6) is 17.2 Å². The third-order valence-electron chi connectivity index (χ3n) is 6.34. The number of piperidine rings is 1. The van der Waals surface area contributed by atoms with E-state index in [0.29, 0.717) is 49.3 Å². The second kappa shape index (κ2) is 8.59. The fourth-order valence-electron chi connectivity index (χ4n) is 4.66. The van der Waals surface area contributed by atoms with Crippen LogP contribution in [0.15, 0.2) is 16.7 Å². The minimum Gasteiger partial charge on any atom is -0.493 e. The van der Waals surface area contributed by atoms with E-state index in [2.05, 4.69) is 15.0 Å². The summed E-state index contributed by atoms with van der Waals surface area (Å²) in [5.74, 6) is 3.18. The van der Waals surface area contributed by atoms with Gasteiger partial charge < -0.3 is 28.4 Å². The Morgan fingerprint density at radius 1 is 1.19 bits per heavy atom. The van der Waals surface area contributed by atoms with Crippen LogP contribution in [0.2, 0.25) is 0 Å². The molecule has 1 aromatic heterocycles. The predicted molar refractivity (Wildman–Crippen MR) is 111 cm³/mol. The quantitative estimate of drug-likeness (QED) is 0.684. The summed E-state index contributed by atoms with van der Waals surface area (Å²) in [5, 5.41) is 3.83. The van der Waals surface area contributed by atoms with Gasteiger partial charge in [0, 0.05) is 19.6 Å². The number of hydrogen-bond donors (Lipinski definition) is 0. The van der Waals surface area contributed by atoms with Crippen molar-refractivity contribution < 1.29 is 28.3 Å². The Labute approximate surface area is 186 Å². The van der Waals surface area contributed by atoms with Crippen LogP contribution in [0, 0.1) is 6.92 Å². The van der Waals surface area contributed by atoms with Gasteiger partial charge in [-0.3, -0.25) is 9.69 Å². The monoisotopic (exact) mass is 444 g/mol. The van der Waals surface area contributed by atoms with E-state index in [1.165, 1.54) is 0 Å². The van der Waals surface area contributed by atoms with E-state index in [9.17, 15) is 4.79 Å². The first-order valence-electron chi connectivity index (χ1n) is 10.9. The lowest BCUT2D eigenvalue weighted by Gasteiger charge is -2.42. The number of aryl methyl sites for hydroxylation is 1. The van der Waals surface area contributed by atoms with Gasteiger partial charge in [-0.1, -0.05) is 5.16 Å². The van der Waals surface area contributed by atoms with Crippen molar-refractivity contribution in [3.63, 3.8) is 0 Å². The van der Waals surface area contributed by atoms with Crippen molar-refractivity contribution in [2.75, 3.05) is 40.1 Å². The van der Waals surface area contributed by atoms with Gasteiger partial charge in [-0.15, -0.1) is 0 Å². The fraction of sp³-hybridized carbons (Fsp3) is 0.591. The number of carbonyl (C=O) groups is 1. The van der Waals surface area contributed by atoms with Crippen molar-refractivity contribution in [1.82, 2.24) is 19.9 Å². The molecular formula is C22H28N4O6. The molecule has 0 radical (unpaired) electrons. The molecule has 0 aliphatic carbocycles. The first-order chi connectivity index (χ1) is 15.5. The number of ether oxygens (including phenoxy) is 4. The Morgan fingerprint density at radius 3 is 2.78 bits per heavy atom. The number of likely N-dealkylation sites (tertiary alicyclic amines) is 1. The van der Waals surface area contributed by atoms with Gasteiger partial charge in [-0.05, 0) is 37.5 Å². The molecule has 0 atom stereocenters. The van der Waals surface area contributed by atoms with E-state index in [1.807, 2.05) is 12.1 Å². The highest BCUT2D eigenvalue weighted by molar-refractivity contribution is 5.76. The highest BCUT2D eigenvalue weighted by atomic mass is 16.7. The Balaban J connectivity index is 1.23. The summed E-state index contributed by atoms with van der Waals surface area (Å²) in [6, 6.07) is 4.02. The van der Waals surface area contributed by atoms with Gasteiger partial charge in [0.05, 0.1) is 32.3 Å². The second-order valence-corrected chi connectivity index (χ2v) is 8.57. The van der Waals surface area contributed by atoms with Gasteiger partial charge in [0.15, 0.2) is 17.3 Å². The average Bonchev–Trinajstić information content (AvgIpc) is 3.39. The van der Waals surface area contributed by atoms with Gasteiger partial charge in [-0.2, -0.15) is 4.98 Å². The maximum atomic E-state index is 12.6. The summed E-state index contributed by atoms with van der Waals surface area (Å²) in [4.78, 5) is 21.1. The number of aromatic nitrogens is 2. The molecule has 1 amide bonds. The molecule has 0 saturated carbocycles. The number of nitrogens with zero attached hydrogens (tertiary/aromatic N) is 4. The molecule has 172 valence electrons. The van der Waals surface area contributed by atoms with Crippen molar-refractivity contribution in [2.24, 2.45) is 0 Å². The van der Waals surface area contributed by atoms with E-state index >= 15 is 0 Å². The van der Waals surface area contributed by atoms with Crippen LogP contribution in [0.1, 0.15) is 36.5 Å². The third-order valence-corrected chi connectivity index (χ3v) is 6.34. The Hall–Kier alpha value is -2.85. The van der Waals surface area contributed by atoms with Crippen LogP contribution in [0.25, 0.3) is 0 Å². The smallest absolute Gasteiger partial charge is 0.246 e. The summed E-state index contributed by atoms with van der Waals surface area (Å²) in [6.45, 7) is 5.83. The lowest BCUT2D eigenvalue weighted by molar-refractivity contribution is -0.133. The van der Waals surface area contributed by atoms with Crippen molar-refractivity contribution in [1.29, 1.82) is 0 Å². The molecule has 2 fully saturated rings. The molecule has 0 unspecified atom stereocenters. The van der Waals surface area contributed by atoms with Gasteiger partial charge in [0.2, 0.25) is 24.3 Å². The van der Waals surface area contributed by atoms with E-state index in [-0.39, 0.29) is 18.3 Å². The van der Waals surface area contributed by atoms with Gasteiger partial charge in [0.25, 0.3) is 0 Å². The van der Waals surface area contributed by atoms with Crippen LogP contribution in [-0.2, 0) is 22.6 Å². The van der Waals surface area contributed by atoms with Crippen molar-refractivity contribution in [3.8, 4) is 17.2 Å². The number of amides is 1. The molecule has 5 rings (SSSR count). The molecule has 3 aliphatic heterocycles. The van der Waals surface area contributed by atoms with E-state index in [0.717, 1.165) is 43.8 Å². The van der Waals surface area contributed by atoms with Gasteiger partial charge in [0.1, 0.15) is 6.54 Å². The molecule has 3 aliphatic rings.